The second kappa shape index (κ2) is 8.34. The lowest BCUT2D eigenvalue weighted by Gasteiger charge is -2.05. The van der Waals surface area contributed by atoms with Gasteiger partial charge in [-0.2, -0.15) is 0 Å². The van der Waals surface area contributed by atoms with Crippen molar-refractivity contribution in [3.05, 3.63) is 12.4 Å². The summed E-state index contributed by atoms with van der Waals surface area (Å²) in [6, 6.07) is 0. The van der Waals surface area contributed by atoms with Gasteiger partial charge in [-0.15, -0.1) is 5.10 Å². The van der Waals surface area contributed by atoms with Gasteiger partial charge in [0.15, 0.2) is 0 Å². The molecule has 0 atom stereocenters. The molecule has 86 valence electrons. The highest BCUT2D eigenvalue weighted by Gasteiger charge is 1.91. The van der Waals surface area contributed by atoms with Gasteiger partial charge < -0.3 is 14.8 Å². The summed E-state index contributed by atoms with van der Waals surface area (Å²) in [6.07, 6.45) is 3.52. The van der Waals surface area contributed by atoms with Crippen molar-refractivity contribution in [3.63, 3.8) is 0 Å². The largest absolute Gasteiger partial charge is 0.382 e. The Morgan fingerprint density at radius 1 is 1.27 bits per heavy atom. The maximum absolute atomic E-state index is 5.29. The van der Waals surface area contributed by atoms with Crippen LogP contribution in [0.5, 0.6) is 0 Å². The summed E-state index contributed by atoms with van der Waals surface area (Å²) in [5.74, 6) is 0. The minimum absolute atomic E-state index is 0.652. The van der Waals surface area contributed by atoms with E-state index in [1.54, 1.807) is 18.0 Å². The molecule has 15 heavy (non-hydrogen) atoms. The highest BCUT2D eigenvalue weighted by Crippen LogP contribution is 1.79. The van der Waals surface area contributed by atoms with Crippen molar-refractivity contribution >= 4 is 0 Å². The van der Waals surface area contributed by atoms with Crippen LogP contribution in [0.4, 0.5) is 0 Å². The van der Waals surface area contributed by atoms with Crippen LogP contribution in [0.1, 0.15) is 0 Å². The van der Waals surface area contributed by atoms with Crippen molar-refractivity contribution in [1.29, 1.82) is 0 Å². The lowest BCUT2D eigenvalue weighted by Crippen LogP contribution is -2.24. The van der Waals surface area contributed by atoms with Crippen molar-refractivity contribution < 1.29 is 9.47 Å². The molecule has 1 rings (SSSR count). The first-order valence-electron chi connectivity index (χ1n) is 5.05. The summed E-state index contributed by atoms with van der Waals surface area (Å²) >= 11 is 0. The van der Waals surface area contributed by atoms with Crippen LogP contribution in [0.3, 0.4) is 0 Å². The molecule has 0 saturated heterocycles. The first kappa shape index (κ1) is 12.1. The lowest BCUT2D eigenvalue weighted by molar-refractivity contribution is 0.0719. The van der Waals surface area contributed by atoms with Gasteiger partial charge in [-0.3, -0.25) is 4.68 Å². The zero-order valence-electron chi connectivity index (χ0n) is 9.06. The molecule has 0 aliphatic carbocycles. The molecule has 1 aromatic rings. The topological polar surface area (TPSA) is 61.2 Å². The van der Waals surface area contributed by atoms with Crippen LogP contribution in [-0.2, 0) is 16.0 Å². The fourth-order valence-electron chi connectivity index (χ4n) is 1.06. The first-order chi connectivity index (χ1) is 7.43. The standard InChI is InChI=1S/C9H18N4O2/c1-14-8-9-15-7-4-10-2-5-13-6-3-11-12-13/h3,6,10H,2,4-5,7-9H2,1H3. The predicted octanol–water partition coefficient (Wildman–Crippen LogP) is -0.469. The Labute approximate surface area is 89.6 Å². The molecule has 6 heteroatoms. The summed E-state index contributed by atoms with van der Waals surface area (Å²) in [5, 5.41) is 10.8. The highest BCUT2D eigenvalue weighted by atomic mass is 16.5. The molecule has 1 aromatic heterocycles. The van der Waals surface area contributed by atoms with Crippen molar-refractivity contribution in [3.8, 4) is 0 Å². The quantitative estimate of drug-likeness (QED) is 0.563. The second-order valence-corrected chi connectivity index (χ2v) is 3.02. The molecule has 0 bridgehead atoms. The van der Waals surface area contributed by atoms with E-state index in [1.165, 1.54) is 0 Å². The Balaban J connectivity index is 1.81. The summed E-state index contributed by atoms with van der Waals surface area (Å²) in [6.45, 7) is 4.56. The molecule has 1 N–H and O–H groups in total. The lowest BCUT2D eigenvalue weighted by atomic mass is 10.6. The number of aromatic nitrogens is 3. The van der Waals surface area contributed by atoms with E-state index < -0.39 is 0 Å². The number of methoxy groups -OCH3 is 1. The van der Waals surface area contributed by atoms with E-state index in [1.807, 2.05) is 6.20 Å². The molecule has 0 radical (unpaired) electrons. The molecule has 0 aromatic carbocycles. The van der Waals surface area contributed by atoms with Gasteiger partial charge in [0.25, 0.3) is 0 Å². The van der Waals surface area contributed by atoms with Gasteiger partial charge in [-0.1, -0.05) is 5.21 Å². The smallest absolute Gasteiger partial charge is 0.0700 e. The van der Waals surface area contributed by atoms with Crippen LogP contribution in [0.25, 0.3) is 0 Å². The van der Waals surface area contributed by atoms with Crippen LogP contribution in [0.15, 0.2) is 12.4 Å². The summed E-state index contributed by atoms with van der Waals surface area (Å²) < 4.78 is 11.9. The molecule has 0 aliphatic heterocycles. The van der Waals surface area contributed by atoms with Gasteiger partial charge in [0.05, 0.1) is 32.6 Å². The van der Waals surface area contributed by atoms with Crippen molar-refractivity contribution in [2.24, 2.45) is 0 Å². The molecule has 0 amide bonds. The number of nitrogens with one attached hydrogen (secondary N) is 1. The molecule has 0 spiro atoms. The van der Waals surface area contributed by atoms with Gasteiger partial charge in [0.2, 0.25) is 0 Å². The SMILES string of the molecule is COCCOCCNCCn1ccnn1. The number of hydrogen-bond donors (Lipinski definition) is 1. The van der Waals surface area contributed by atoms with Crippen LogP contribution < -0.4 is 5.32 Å². The maximum Gasteiger partial charge on any atom is 0.0700 e. The third kappa shape index (κ3) is 6.16. The van der Waals surface area contributed by atoms with Crippen LogP contribution in [0, 0.1) is 0 Å². The van der Waals surface area contributed by atoms with E-state index in [-0.39, 0.29) is 0 Å². The molecule has 0 saturated carbocycles. The van der Waals surface area contributed by atoms with E-state index in [0.29, 0.717) is 19.8 Å². The predicted molar refractivity (Wildman–Crippen MR) is 55.6 cm³/mol. The van der Waals surface area contributed by atoms with Crippen molar-refractivity contribution in [2.75, 3.05) is 40.0 Å². The minimum Gasteiger partial charge on any atom is -0.382 e. The summed E-state index contributed by atoms with van der Waals surface area (Å²) in [5.41, 5.74) is 0. The fraction of sp³-hybridized carbons (Fsp3) is 0.778. The number of hydrogen-bond acceptors (Lipinski definition) is 5. The first-order valence-corrected chi connectivity index (χ1v) is 5.05. The monoisotopic (exact) mass is 214 g/mol. The Morgan fingerprint density at radius 2 is 2.20 bits per heavy atom. The van der Waals surface area contributed by atoms with E-state index >= 15 is 0 Å². The second-order valence-electron chi connectivity index (χ2n) is 3.02. The Morgan fingerprint density at radius 3 is 2.93 bits per heavy atom. The number of rotatable bonds is 9. The van der Waals surface area contributed by atoms with E-state index in [9.17, 15) is 0 Å². The molecule has 0 unspecified atom stereocenters. The van der Waals surface area contributed by atoms with Crippen LogP contribution in [0.2, 0.25) is 0 Å². The van der Waals surface area contributed by atoms with Gasteiger partial charge in [-0.05, 0) is 0 Å². The van der Waals surface area contributed by atoms with E-state index in [4.69, 9.17) is 9.47 Å². The average Bonchev–Trinajstić information content (AvgIpc) is 2.75. The molecular weight excluding hydrogens is 196 g/mol. The molecule has 6 nitrogen and oxygen atoms in total. The van der Waals surface area contributed by atoms with Crippen LogP contribution >= 0.6 is 0 Å². The zero-order chi connectivity index (χ0) is 10.8. The van der Waals surface area contributed by atoms with Crippen molar-refractivity contribution in [2.45, 2.75) is 6.54 Å². The summed E-state index contributed by atoms with van der Waals surface area (Å²) in [4.78, 5) is 0. The summed E-state index contributed by atoms with van der Waals surface area (Å²) in [7, 11) is 1.67. The average molecular weight is 214 g/mol. The normalized spacial score (nSPS) is 10.7. The molecule has 1 heterocycles. The Hall–Kier alpha value is -0.980. The molecular formula is C9H18N4O2. The molecule has 0 aliphatic rings. The van der Waals surface area contributed by atoms with Crippen LogP contribution in [-0.4, -0.2) is 55.0 Å². The third-order valence-electron chi connectivity index (χ3n) is 1.84. The van der Waals surface area contributed by atoms with E-state index in [0.717, 1.165) is 19.6 Å². The minimum atomic E-state index is 0.652. The van der Waals surface area contributed by atoms with Gasteiger partial charge >= 0.3 is 0 Å². The van der Waals surface area contributed by atoms with Gasteiger partial charge in [0.1, 0.15) is 0 Å². The highest BCUT2D eigenvalue weighted by molar-refractivity contribution is 4.64. The Kier molecular flexibility index (Phi) is 6.72. The van der Waals surface area contributed by atoms with Gasteiger partial charge in [-0.25, -0.2) is 0 Å². The third-order valence-corrected chi connectivity index (χ3v) is 1.84. The Bertz CT molecular complexity index is 228. The number of nitrogens with zero attached hydrogens (tertiary/aromatic N) is 3. The maximum atomic E-state index is 5.29. The van der Waals surface area contributed by atoms with E-state index in [2.05, 4.69) is 15.6 Å². The number of ether oxygens (including phenoxy) is 2. The molecule has 0 fully saturated rings. The fourth-order valence-corrected chi connectivity index (χ4v) is 1.06. The van der Waals surface area contributed by atoms with Gasteiger partial charge in [0, 0.05) is 26.4 Å². The zero-order valence-corrected chi connectivity index (χ0v) is 9.06. The van der Waals surface area contributed by atoms with Crippen molar-refractivity contribution in [1.82, 2.24) is 20.3 Å².